The Labute approximate surface area is 306 Å². The molecule has 0 fully saturated rings. The van der Waals surface area contributed by atoms with Gasteiger partial charge in [-0.2, -0.15) is 0 Å². The van der Waals surface area contributed by atoms with E-state index in [1.165, 1.54) is 70.6 Å². The Bertz CT molecular complexity index is 882. The van der Waals surface area contributed by atoms with Gasteiger partial charge in [0, 0.05) is 12.8 Å². The lowest BCUT2D eigenvalue weighted by atomic mass is 10.1. The van der Waals surface area contributed by atoms with Crippen LogP contribution in [0.15, 0.2) is 24.3 Å². The van der Waals surface area contributed by atoms with Crippen LogP contribution >= 0.6 is 0 Å². The molecule has 0 heterocycles. The topological polar surface area (TPSA) is 108 Å². The van der Waals surface area contributed by atoms with E-state index in [-0.39, 0.29) is 32.2 Å². The van der Waals surface area contributed by atoms with Crippen LogP contribution in [0.25, 0.3) is 0 Å². The number of allylic oxidation sites excluding steroid dienone is 4. The van der Waals surface area contributed by atoms with Gasteiger partial charge in [-0.3, -0.25) is 9.59 Å². The highest BCUT2D eigenvalue weighted by Crippen LogP contribution is 2.13. The van der Waals surface area contributed by atoms with Crippen molar-refractivity contribution in [2.45, 2.75) is 174 Å². The average molecular weight is 711 g/mol. The van der Waals surface area contributed by atoms with E-state index < -0.39 is 24.3 Å². The number of ether oxygens (including phenoxy) is 4. The predicted octanol–water partition coefficient (Wildman–Crippen LogP) is 9.72. The quantitative estimate of drug-likeness (QED) is 0.0225. The fraction of sp³-hybridized carbons (Fsp3) is 0.829. The molecule has 0 bridgehead atoms. The van der Waals surface area contributed by atoms with Gasteiger partial charge in [-0.1, -0.05) is 128 Å². The largest absolute Gasteiger partial charge is 0.477 e. The number of aliphatic carboxylic acids is 1. The van der Waals surface area contributed by atoms with Crippen molar-refractivity contribution in [2.24, 2.45) is 0 Å². The van der Waals surface area contributed by atoms with Gasteiger partial charge >= 0.3 is 17.9 Å². The fourth-order valence-corrected chi connectivity index (χ4v) is 5.28. The molecule has 0 aliphatic rings. The molecule has 0 aliphatic heterocycles. The summed E-state index contributed by atoms with van der Waals surface area (Å²) in [4.78, 5) is 36.8. The number of hydrogen-bond donors (Lipinski definition) is 1. The van der Waals surface area contributed by atoms with Gasteiger partial charge in [-0.05, 0) is 44.9 Å². The van der Waals surface area contributed by atoms with E-state index >= 15 is 0 Å². The predicted molar refractivity (Wildman–Crippen MR) is 203 cm³/mol. The lowest BCUT2D eigenvalue weighted by Gasteiger charge is -2.25. The van der Waals surface area contributed by atoms with E-state index in [0.717, 1.165) is 57.8 Å². The molecule has 0 rings (SSSR count). The number of nitrogens with zero attached hydrogens (tertiary/aromatic N) is 1. The molecule has 0 radical (unpaired) electrons. The summed E-state index contributed by atoms with van der Waals surface area (Å²) >= 11 is 0. The third-order valence-corrected chi connectivity index (χ3v) is 8.46. The van der Waals surface area contributed by atoms with Crippen LogP contribution in [0.1, 0.15) is 162 Å². The molecule has 1 N–H and O–H groups in total. The number of carbonyl (C=O) groups excluding carboxylic acids is 2. The Balaban J connectivity index is 4.52. The van der Waals surface area contributed by atoms with Crippen LogP contribution in [0.3, 0.4) is 0 Å². The summed E-state index contributed by atoms with van der Waals surface area (Å²) in [5.74, 6) is -2.03. The van der Waals surface area contributed by atoms with Crippen molar-refractivity contribution in [2.75, 3.05) is 47.5 Å². The lowest BCUT2D eigenvalue weighted by molar-refractivity contribution is -0.870. The number of esters is 2. The average Bonchev–Trinajstić information content (AvgIpc) is 3.06. The monoisotopic (exact) mass is 711 g/mol. The maximum Gasteiger partial charge on any atom is 0.361 e. The zero-order valence-electron chi connectivity index (χ0n) is 32.8. The number of carbonyl (C=O) groups is 3. The first-order valence-electron chi connectivity index (χ1n) is 20.0. The van der Waals surface area contributed by atoms with Crippen LogP contribution in [0, 0.1) is 0 Å². The molecular weight excluding hydrogens is 634 g/mol. The first kappa shape index (κ1) is 47.8. The summed E-state index contributed by atoms with van der Waals surface area (Å²) in [5.41, 5.74) is 0. The van der Waals surface area contributed by atoms with Gasteiger partial charge in [0.15, 0.2) is 6.10 Å². The van der Waals surface area contributed by atoms with E-state index in [2.05, 4.69) is 38.2 Å². The fourth-order valence-electron chi connectivity index (χ4n) is 5.28. The van der Waals surface area contributed by atoms with E-state index in [4.69, 9.17) is 18.9 Å². The third-order valence-electron chi connectivity index (χ3n) is 8.46. The van der Waals surface area contributed by atoms with Crippen LogP contribution in [-0.4, -0.2) is 87.4 Å². The molecule has 0 saturated carbocycles. The normalized spacial score (nSPS) is 13.2. The van der Waals surface area contributed by atoms with Gasteiger partial charge in [0.05, 0.1) is 34.4 Å². The van der Waals surface area contributed by atoms with Gasteiger partial charge in [-0.25, -0.2) is 4.79 Å². The minimum atomic E-state index is -1.51. The zero-order chi connectivity index (χ0) is 37.1. The molecule has 0 aromatic heterocycles. The second kappa shape index (κ2) is 33.9. The zero-order valence-corrected chi connectivity index (χ0v) is 32.8. The van der Waals surface area contributed by atoms with Crippen LogP contribution < -0.4 is 0 Å². The molecule has 0 aliphatic carbocycles. The van der Waals surface area contributed by atoms with Gasteiger partial charge in [0.1, 0.15) is 13.2 Å². The molecule has 2 unspecified atom stereocenters. The van der Waals surface area contributed by atoms with Crippen molar-refractivity contribution < 1.29 is 42.9 Å². The van der Waals surface area contributed by atoms with E-state index in [1.807, 2.05) is 21.1 Å². The Morgan fingerprint density at radius 1 is 0.600 bits per heavy atom. The standard InChI is InChI=1S/C41H75NO8/c1-6-8-10-12-14-16-17-18-19-20-21-22-24-26-28-30-32-39(44)50-37(36-49-41(40(45)46)47-34-33-42(3,4)5)35-48-38(43)31-29-27-25-23-15-13-11-9-7-2/h16-17,19-20,37,41H,6-15,18,21-36H2,1-5H3/p+1/b17-16-,20-19-. The first-order chi connectivity index (χ1) is 24.1. The van der Waals surface area contributed by atoms with Crippen molar-refractivity contribution >= 4 is 17.9 Å². The van der Waals surface area contributed by atoms with Crippen molar-refractivity contribution in [1.82, 2.24) is 0 Å². The second-order valence-electron chi connectivity index (χ2n) is 14.6. The highest BCUT2D eigenvalue weighted by atomic mass is 16.7. The maximum absolute atomic E-state index is 12.7. The molecule has 0 amide bonds. The van der Waals surface area contributed by atoms with Crippen LogP contribution in [-0.2, 0) is 33.3 Å². The molecule has 9 nitrogen and oxygen atoms in total. The molecule has 0 spiro atoms. The van der Waals surface area contributed by atoms with E-state index in [9.17, 15) is 19.5 Å². The SMILES string of the molecule is CCCCCC/C=C\C/C=C\CCCCCCCC(=O)OC(COC(=O)CCCCCCCCCCC)COC(OCC[N+](C)(C)C)C(=O)O. The number of quaternary nitrogens is 1. The Morgan fingerprint density at radius 2 is 1.08 bits per heavy atom. The Morgan fingerprint density at radius 3 is 1.60 bits per heavy atom. The summed E-state index contributed by atoms with van der Waals surface area (Å²) < 4.78 is 22.6. The molecule has 0 saturated heterocycles. The van der Waals surface area contributed by atoms with Gasteiger partial charge in [-0.15, -0.1) is 0 Å². The van der Waals surface area contributed by atoms with E-state index in [1.54, 1.807) is 0 Å². The molecular formula is C41H76NO8+. The van der Waals surface area contributed by atoms with E-state index in [0.29, 0.717) is 23.9 Å². The summed E-state index contributed by atoms with van der Waals surface area (Å²) in [6, 6.07) is 0. The van der Waals surface area contributed by atoms with Gasteiger partial charge < -0.3 is 28.5 Å². The van der Waals surface area contributed by atoms with Crippen molar-refractivity contribution in [3.63, 3.8) is 0 Å². The van der Waals surface area contributed by atoms with Gasteiger partial charge in [0.25, 0.3) is 6.29 Å². The Kier molecular flexibility index (Phi) is 32.4. The number of carboxylic acids is 1. The van der Waals surface area contributed by atoms with Gasteiger partial charge in [0.2, 0.25) is 0 Å². The van der Waals surface area contributed by atoms with Crippen molar-refractivity contribution in [3.05, 3.63) is 24.3 Å². The second-order valence-corrected chi connectivity index (χ2v) is 14.6. The summed E-state index contributed by atoms with van der Waals surface area (Å²) in [7, 11) is 5.94. The van der Waals surface area contributed by atoms with Crippen LogP contribution in [0.5, 0.6) is 0 Å². The smallest absolute Gasteiger partial charge is 0.361 e. The molecule has 9 heteroatoms. The molecule has 292 valence electrons. The number of rotatable bonds is 36. The number of likely N-dealkylation sites (N-methyl/N-ethyl adjacent to an activating group) is 1. The van der Waals surface area contributed by atoms with Crippen molar-refractivity contribution in [3.8, 4) is 0 Å². The van der Waals surface area contributed by atoms with Crippen LogP contribution in [0.2, 0.25) is 0 Å². The third kappa shape index (κ3) is 34.2. The molecule has 2 atom stereocenters. The minimum Gasteiger partial charge on any atom is -0.477 e. The minimum absolute atomic E-state index is 0.185. The summed E-state index contributed by atoms with van der Waals surface area (Å²) in [5, 5.41) is 9.58. The first-order valence-corrected chi connectivity index (χ1v) is 20.0. The lowest BCUT2D eigenvalue weighted by Crippen LogP contribution is -2.40. The molecule has 0 aromatic carbocycles. The molecule has 50 heavy (non-hydrogen) atoms. The van der Waals surface area contributed by atoms with Crippen molar-refractivity contribution in [1.29, 1.82) is 0 Å². The van der Waals surface area contributed by atoms with Crippen LogP contribution in [0.4, 0.5) is 0 Å². The molecule has 0 aromatic rings. The summed E-state index contributed by atoms with van der Waals surface area (Å²) in [6.07, 6.45) is 30.9. The number of carboxylic acid groups (broad SMARTS) is 1. The Hall–Kier alpha value is -2.23. The number of unbranched alkanes of at least 4 members (excludes halogenated alkanes) is 17. The summed E-state index contributed by atoms with van der Waals surface area (Å²) in [6.45, 7) is 4.80. The highest BCUT2D eigenvalue weighted by Gasteiger charge is 2.25. The number of hydrogen-bond acceptors (Lipinski definition) is 7. The maximum atomic E-state index is 12.7. The highest BCUT2D eigenvalue weighted by molar-refractivity contribution is 5.71.